The fourth-order valence-electron chi connectivity index (χ4n) is 0.993. The predicted molar refractivity (Wildman–Crippen MR) is 45.0 cm³/mol. The van der Waals surface area contributed by atoms with Crippen LogP contribution in [-0.4, -0.2) is 51.1 Å². The van der Waals surface area contributed by atoms with Crippen molar-refractivity contribution in [3.8, 4) is 11.5 Å². The molecule has 1 aromatic rings. The van der Waals surface area contributed by atoms with Gasteiger partial charge in [-0.1, -0.05) is 0 Å². The van der Waals surface area contributed by atoms with Gasteiger partial charge in [0, 0.05) is 0 Å². The van der Waals surface area contributed by atoms with Crippen LogP contribution >= 0.6 is 0 Å². The zero-order valence-corrected chi connectivity index (χ0v) is 9.54. The summed E-state index contributed by atoms with van der Waals surface area (Å²) in [7, 11) is -4.46. The Kier molecular flexibility index (Phi) is 2.88. The quantitative estimate of drug-likeness (QED) is 0.320. The number of aromatic hydroxyl groups is 2. The first-order valence-electron chi connectivity index (χ1n) is 3.33. The third-order valence-electron chi connectivity index (χ3n) is 1.61. The Balaban J connectivity index is 3.62. The van der Waals surface area contributed by atoms with Crippen molar-refractivity contribution in [2.24, 2.45) is 0 Å². The molecular formula is C6H5NaO5S. The molecule has 13 heavy (non-hydrogen) atoms. The summed E-state index contributed by atoms with van der Waals surface area (Å²) >= 11 is 0.208. The summed E-state index contributed by atoms with van der Waals surface area (Å²) in [6.45, 7) is 0. The van der Waals surface area contributed by atoms with Gasteiger partial charge in [0.1, 0.15) is 0 Å². The van der Waals surface area contributed by atoms with E-state index < -0.39 is 20.8 Å². The SMILES string of the molecule is O=S(=O)(O)c1c(O)ccc(O)[c]1[Na]. The summed E-state index contributed by atoms with van der Waals surface area (Å²) in [6.07, 6.45) is 0. The van der Waals surface area contributed by atoms with E-state index in [0.29, 0.717) is 0 Å². The molecule has 0 aliphatic carbocycles. The van der Waals surface area contributed by atoms with Crippen molar-refractivity contribution in [2.45, 2.75) is 4.90 Å². The second-order valence-corrected chi connectivity index (χ2v) is 4.89. The standard InChI is InChI=1S/C6H5O5S.Na/c7-4-1-2-5(8)6(3-4)12(9,10)11;/h1-2,7-8H,(H,9,10,11);. The Morgan fingerprint density at radius 1 is 1.15 bits per heavy atom. The second kappa shape index (κ2) is 3.47. The van der Waals surface area contributed by atoms with Gasteiger partial charge in [-0.2, -0.15) is 0 Å². The summed E-state index contributed by atoms with van der Waals surface area (Å²) < 4.78 is 30.2. The normalized spacial score (nSPS) is 11.6. The van der Waals surface area contributed by atoms with Gasteiger partial charge in [-0.15, -0.1) is 0 Å². The molecule has 0 saturated carbocycles. The maximum absolute atomic E-state index is 10.7. The van der Waals surface area contributed by atoms with Crippen molar-refractivity contribution in [1.29, 1.82) is 0 Å². The van der Waals surface area contributed by atoms with Gasteiger partial charge in [-0.3, -0.25) is 0 Å². The Bertz CT molecular complexity index is 439. The molecule has 1 aromatic carbocycles. The first-order valence-corrected chi connectivity index (χ1v) is 5.77. The van der Waals surface area contributed by atoms with E-state index in [1.807, 2.05) is 0 Å². The number of benzene rings is 1. The molecule has 5 nitrogen and oxygen atoms in total. The van der Waals surface area contributed by atoms with E-state index in [1.54, 1.807) is 0 Å². The van der Waals surface area contributed by atoms with Crippen LogP contribution in [0.1, 0.15) is 0 Å². The number of hydrogen-bond acceptors (Lipinski definition) is 4. The van der Waals surface area contributed by atoms with Crippen LogP contribution in [0.2, 0.25) is 0 Å². The van der Waals surface area contributed by atoms with E-state index in [2.05, 4.69) is 0 Å². The van der Waals surface area contributed by atoms with E-state index in [1.165, 1.54) is 6.07 Å². The second-order valence-electron chi connectivity index (χ2n) is 2.53. The number of rotatable bonds is 1. The van der Waals surface area contributed by atoms with E-state index in [-0.39, 0.29) is 36.5 Å². The molecule has 0 fully saturated rings. The number of phenolic OH excluding ortho intramolecular Hbond substituents is 2. The summed E-state index contributed by atoms with van der Waals surface area (Å²) in [5.74, 6) is -0.789. The molecule has 3 N–H and O–H groups in total. The van der Waals surface area contributed by atoms with E-state index in [4.69, 9.17) is 14.8 Å². The topological polar surface area (TPSA) is 94.8 Å². The molecule has 0 aromatic heterocycles. The predicted octanol–water partition coefficient (Wildman–Crippen LogP) is -0.862. The van der Waals surface area contributed by atoms with E-state index in [9.17, 15) is 8.42 Å². The number of hydrogen-bond donors (Lipinski definition) is 3. The van der Waals surface area contributed by atoms with E-state index in [0.717, 1.165) is 6.07 Å². The van der Waals surface area contributed by atoms with E-state index >= 15 is 0 Å². The maximum atomic E-state index is 10.7. The van der Waals surface area contributed by atoms with Gasteiger partial charge in [-0.05, 0) is 0 Å². The molecule has 0 atom stereocenters. The molecule has 0 bridgehead atoms. The summed E-state index contributed by atoms with van der Waals surface area (Å²) in [5.41, 5.74) is 0. The molecule has 0 heterocycles. The fraction of sp³-hybridized carbons (Fsp3) is 0. The first kappa shape index (κ1) is 10.8. The Morgan fingerprint density at radius 3 is 2.00 bits per heavy atom. The molecule has 66 valence electrons. The van der Waals surface area contributed by atoms with Crippen LogP contribution < -0.4 is 2.81 Å². The van der Waals surface area contributed by atoms with Gasteiger partial charge < -0.3 is 0 Å². The molecule has 0 spiro atoms. The van der Waals surface area contributed by atoms with Crippen LogP contribution in [0.5, 0.6) is 11.5 Å². The molecule has 0 aliphatic heterocycles. The Labute approximate surface area is 92.2 Å². The van der Waals surface area contributed by atoms with Crippen molar-refractivity contribution in [3.63, 3.8) is 0 Å². The van der Waals surface area contributed by atoms with Crippen LogP contribution in [0, 0.1) is 0 Å². The summed E-state index contributed by atoms with van der Waals surface area (Å²) in [5, 5.41) is 18.3. The van der Waals surface area contributed by atoms with Gasteiger partial charge >= 0.3 is 92.6 Å². The third-order valence-corrected chi connectivity index (χ3v) is 4.02. The first-order chi connectivity index (χ1) is 5.84. The summed E-state index contributed by atoms with van der Waals surface area (Å²) in [6, 6.07) is 2.19. The average molecular weight is 212 g/mol. The minimum absolute atomic E-state index is 0.0579. The molecule has 0 saturated heterocycles. The van der Waals surface area contributed by atoms with Gasteiger partial charge in [0.15, 0.2) is 0 Å². The van der Waals surface area contributed by atoms with Gasteiger partial charge in [0.25, 0.3) is 0 Å². The molecule has 7 heteroatoms. The van der Waals surface area contributed by atoms with Gasteiger partial charge in [0.05, 0.1) is 0 Å². The molecule has 0 unspecified atom stereocenters. The molecule has 0 radical (unpaired) electrons. The van der Waals surface area contributed by atoms with Crippen molar-refractivity contribution >= 4 is 40.9 Å². The zero-order chi connectivity index (χ0) is 10.2. The minimum atomic E-state index is -4.46. The van der Waals surface area contributed by atoms with Crippen LogP contribution in [0.3, 0.4) is 0 Å². The monoisotopic (exact) mass is 212 g/mol. The molecule has 0 aliphatic rings. The van der Waals surface area contributed by atoms with Crippen molar-refractivity contribution in [1.82, 2.24) is 0 Å². The van der Waals surface area contributed by atoms with Crippen LogP contribution in [0.25, 0.3) is 0 Å². The Morgan fingerprint density at radius 2 is 1.62 bits per heavy atom. The van der Waals surface area contributed by atoms with Crippen LogP contribution in [0.4, 0.5) is 0 Å². The van der Waals surface area contributed by atoms with Crippen molar-refractivity contribution in [3.05, 3.63) is 12.1 Å². The Hall–Kier alpha value is -0.270. The number of phenols is 2. The van der Waals surface area contributed by atoms with Crippen molar-refractivity contribution < 1.29 is 23.2 Å². The summed E-state index contributed by atoms with van der Waals surface area (Å²) in [4.78, 5) is -0.598. The van der Waals surface area contributed by atoms with Crippen LogP contribution in [-0.2, 0) is 10.1 Å². The van der Waals surface area contributed by atoms with Gasteiger partial charge in [-0.25, -0.2) is 0 Å². The molecule has 1 rings (SSSR count). The molecule has 0 amide bonds. The zero-order valence-electron chi connectivity index (χ0n) is 6.72. The van der Waals surface area contributed by atoms with Gasteiger partial charge in [0.2, 0.25) is 0 Å². The average Bonchev–Trinajstić information content (AvgIpc) is 1.95. The fourth-order valence-corrected chi connectivity index (χ4v) is 3.01. The van der Waals surface area contributed by atoms with Crippen molar-refractivity contribution in [2.75, 3.05) is 0 Å². The third kappa shape index (κ3) is 2.15. The van der Waals surface area contributed by atoms with Crippen LogP contribution in [0.15, 0.2) is 17.0 Å². The molecular weight excluding hydrogens is 207 g/mol.